The Bertz CT molecular complexity index is 601. The number of halogens is 2. The van der Waals surface area contributed by atoms with Crippen LogP contribution in [0, 0.1) is 0 Å². The van der Waals surface area contributed by atoms with Gasteiger partial charge in [-0.25, -0.2) is 4.98 Å². The van der Waals surface area contributed by atoms with Crippen molar-refractivity contribution in [2.45, 2.75) is 33.4 Å². The van der Waals surface area contributed by atoms with Crippen molar-refractivity contribution in [2.75, 3.05) is 11.9 Å². The highest BCUT2D eigenvalue weighted by Crippen LogP contribution is 2.36. The first-order valence-electron chi connectivity index (χ1n) is 7.01. The van der Waals surface area contributed by atoms with Crippen molar-refractivity contribution in [2.24, 2.45) is 0 Å². The van der Waals surface area contributed by atoms with Crippen LogP contribution in [0.15, 0.2) is 29.0 Å². The summed E-state index contributed by atoms with van der Waals surface area (Å²) in [5, 5.41) is 4.02. The van der Waals surface area contributed by atoms with Crippen LogP contribution in [0.4, 0.5) is 5.69 Å². The zero-order chi connectivity index (χ0) is 15.2. The molecule has 0 aliphatic carbocycles. The predicted molar refractivity (Wildman–Crippen MR) is 90.2 cm³/mol. The molecule has 0 saturated carbocycles. The summed E-state index contributed by atoms with van der Waals surface area (Å²) in [4.78, 5) is 4.39. The number of nitrogens with one attached hydrogen (secondary N) is 1. The van der Waals surface area contributed by atoms with Crippen molar-refractivity contribution < 1.29 is 4.74 Å². The summed E-state index contributed by atoms with van der Waals surface area (Å²) >= 11 is 9.60. The minimum atomic E-state index is 0.597. The van der Waals surface area contributed by atoms with Gasteiger partial charge in [0.2, 0.25) is 0 Å². The van der Waals surface area contributed by atoms with Gasteiger partial charge in [-0.2, -0.15) is 0 Å². The zero-order valence-corrected chi connectivity index (χ0v) is 14.5. The maximum Gasteiger partial charge on any atom is 0.156 e. The molecule has 0 saturated heterocycles. The van der Waals surface area contributed by atoms with E-state index in [-0.39, 0.29) is 0 Å². The van der Waals surface area contributed by atoms with E-state index in [1.807, 2.05) is 31.5 Å². The third kappa shape index (κ3) is 4.14. The molecule has 1 N–H and O–H groups in total. The Morgan fingerprint density at radius 1 is 1.38 bits per heavy atom. The van der Waals surface area contributed by atoms with E-state index in [2.05, 4.69) is 37.7 Å². The van der Waals surface area contributed by atoms with Crippen molar-refractivity contribution in [3.8, 4) is 5.75 Å². The largest absolute Gasteiger partial charge is 0.491 e. The average Bonchev–Trinajstić information content (AvgIpc) is 2.88. The number of anilines is 1. The molecule has 0 amide bonds. The van der Waals surface area contributed by atoms with Crippen LogP contribution in [0.1, 0.15) is 26.1 Å². The summed E-state index contributed by atoms with van der Waals surface area (Å²) < 4.78 is 8.66. The average molecular weight is 373 g/mol. The fourth-order valence-corrected chi connectivity index (χ4v) is 3.03. The van der Waals surface area contributed by atoms with E-state index in [1.165, 1.54) is 0 Å². The molecule has 0 aliphatic rings. The maximum absolute atomic E-state index is 6.12. The number of rotatable bonds is 7. The van der Waals surface area contributed by atoms with Crippen LogP contribution in [0.2, 0.25) is 5.02 Å². The Balaban J connectivity index is 2.17. The molecule has 1 heterocycles. The molecule has 6 heteroatoms. The second-order valence-corrected chi connectivity index (χ2v) is 5.88. The quantitative estimate of drug-likeness (QED) is 0.764. The van der Waals surface area contributed by atoms with E-state index < -0.39 is 0 Å². The van der Waals surface area contributed by atoms with E-state index in [4.69, 9.17) is 16.3 Å². The standard InChI is InChI=1S/C15H19BrClN3O/c1-3-6-20-7-5-18-14(20)10-19-13-9-11(17)8-12(16)15(13)21-4-2/h5,7-9,19H,3-4,6,10H2,1-2H3. The van der Waals surface area contributed by atoms with Crippen LogP contribution in [-0.2, 0) is 13.1 Å². The smallest absolute Gasteiger partial charge is 0.156 e. The Labute approximate surface area is 138 Å². The summed E-state index contributed by atoms with van der Waals surface area (Å²) in [6, 6.07) is 3.69. The minimum absolute atomic E-state index is 0.597. The predicted octanol–water partition coefficient (Wildman–Crippen LogP) is 4.72. The lowest BCUT2D eigenvalue weighted by Crippen LogP contribution is -2.09. The number of aromatic nitrogens is 2. The van der Waals surface area contributed by atoms with Gasteiger partial charge < -0.3 is 14.6 Å². The topological polar surface area (TPSA) is 39.1 Å². The molecular formula is C15H19BrClN3O. The van der Waals surface area contributed by atoms with Crippen LogP contribution in [0.5, 0.6) is 5.75 Å². The van der Waals surface area contributed by atoms with E-state index in [1.54, 1.807) is 0 Å². The van der Waals surface area contributed by atoms with Crippen molar-refractivity contribution in [3.05, 3.63) is 39.8 Å². The van der Waals surface area contributed by atoms with Crippen LogP contribution in [0.3, 0.4) is 0 Å². The number of ether oxygens (including phenoxy) is 1. The fourth-order valence-electron chi connectivity index (χ4n) is 2.11. The molecular weight excluding hydrogens is 354 g/mol. The monoisotopic (exact) mass is 371 g/mol. The lowest BCUT2D eigenvalue weighted by atomic mass is 10.3. The van der Waals surface area contributed by atoms with E-state index in [0.717, 1.165) is 34.7 Å². The van der Waals surface area contributed by atoms with Crippen LogP contribution < -0.4 is 10.1 Å². The number of nitrogens with zero attached hydrogens (tertiary/aromatic N) is 2. The highest BCUT2D eigenvalue weighted by molar-refractivity contribution is 9.10. The first-order valence-corrected chi connectivity index (χ1v) is 8.18. The number of hydrogen-bond donors (Lipinski definition) is 1. The molecule has 0 unspecified atom stereocenters. The second-order valence-electron chi connectivity index (χ2n) is 4.59. The fraction of sp³-hybridized carbons (Fsp3) is 0.400. The molecule has 0 aliphatic heterocycles. The van der Waals surface area contributed by atoms with E-state index in [0.29, 0.717) is 18.2 Å². The number of imidazole rings is 1. The number of aryl methyl sites for hydroxylation is 1. The van der Waals surface area contributed by atoms with Crippen LogP contribution in [0.25, 0.3) is 0 Å². The van der Waals surface area contributed by atoms with Crippen LogP contribution >= 0.6 is 27.5 Å². The van der Waals surface area contributed by atoms with Gasteiger partial charge in [-0.1, -0.05) is 18.5 Å². The molecule has 1 aromatic carbocycles. The number of hydrogen-bond acceptors (Lipinski definition) is 3. The lowest BCUT2D eigenvalue weighted by Gasteiger charge is -2.15. The third-order valence-corrected chi connectivity index (χ3v) is 3.81. The number of benzene rings is 1. The summed E-state index contributed by atoms with van der Waals surface area (Å²) in [5.74, 6) is 1.77. The molecule has 1 aromatic heterocycles. The van der Waals surface area contributed by atoms with Gasteiger partial charge in [-0.05, 0) is 41.4 Å². The van der Waals surface area contributed by atoms with E-state index in [9.17, 15) is 0 Å². The highest BCUT2D eigenvalue weighted by Gasteiger charge is 2.11. The van der Waals surface area contributed by atoms with Crippen molar-refractivity contribution in [1.29, 1.82) is 0 Å². The summed E-state index contributed by atoms with van der Waals surface area (Å²) in [7, 11) is 0. The Hall–Kier alpha value is -1.20. The first-order chi connectivity index (χ1) is 10.2. The van der Waals surface area contributed by atoms with Crippen molar-refractivity contribution in [3.63, 3.8) is 0 Å². The van der Waals surface area contributed by atoms with Gasteiger partial charge in [0.1, 0.15) is 5.82 Å². The molecule has 0 fully saturated rings. The molecule has 0 radical (unpaired) electrons. The summed E-state index contributed by atoms with van der Waals surface area (Å²) in [5.41, 5.74) is 0.863. The van der Waals surface area contributed by atoms with Gasteiger partial charge in [-0.3, -0.25) is 0 Å². The second kappa shape index (κ2) is 7.71. The molecule has 0 bridgehead atoms. The van der Waals surface area contributed by atoms with Gasteiger partial charge in [0.05, 0.1) is 23.3 Å². The summed E-state index contributed by atoms with van der Waals surface area (Å²) in [6.07, 6.45) is 4.90. The molecule has 0 atom stereocenters. The highest BCUT2D eigenvalue weighted by atomic mass is 79.9. The van der Waals surface area contributed by atoms with E-state index >= 15 is 0 Å². The molecule has 114 valence electrons. The van der Waals surface area contributed by atoms with Gasteiger partial charge >= 0.3 is 0 Å². The SMILES string of the molecule is CCCn1ccnc1CNc1cc(Cl)cc(Br)c1OCC. The molecule has 0 spiro atoms. The lowest BCUT2D eigenvalue weighted by molar-refractivity contribution is 0.339. The summed E-state index contributed by atoms with van der Waals surface area (Å²) in [6.45, 7) is 6.30. The first kappa shape index (κ1) is 16.2. The van der Waals surface area contributed by atoms with Gasteiger partial charge in [-0.15, -0.1) is 0 Å². The molecule has 21 heavy (non-hydrogen) atoms. The zero-order valence-electron chi connectivity index (χ0n) is 12.2. The van der Waals surface area contributed by atoms with Gasteiger partial charge in [0.25, 0.3) is 0 Å². The Kier molecular flexibility index (Phi) is 5.94. The molecule has 2 aromatic rings. The Morgan fingerprint density at radius 2 is 2.19 bits per heavy atom. The maximum atomic E-state index is 6.12. The minimum Gasteiger partial charge on any atom is -0.491 e. The van der Waals surface area contributed by atoms with Crippen molar-refractivity contribution in [1.82, 2.24) is 9.55 Å². The van der Waals surface area contributed by atoms with Crippen molar-refractivity contribution >= 4 is 33.2 Å². The van der Waals surface area contributed by atoms with Gasteiger partial charge in [0, 0.05) is 24.0 Å². The molecule has 4 nitrogen and oxygen atoms in total. The Morgan fingerprint density at radius 3 is 2.90 bits per heavy atom. The normalized spacial score (nSPS) is 10.7. The van der Waals surface area contributed by atoms with Crippen LogP contribution in [-0.4, -0.2) is 16.2 Å². The molecule has 2 rings (SSSR count). The third-order valence-electron chi connectivity index (χ3n) is 3.00. The van der Waals surface area contributed by atoms with Gasteiger partial charge in [0.15, 0.2) is 5.75 Å².